The molecule has 3 aromatic rings. The minimum absolute atomic E-state index is 0.241. The van der Waals surface area contributed by atoms with E-state index in [1.54, 1.807) is 35.4 Å². The van der Waals surface area contributed by atoms with Crippen LogP contribution in [0.3, 0.4) is 0 Å². The molecule has 0 bridgehead atoms. The third kappa shape index (κ3) is 4.63. The van der Waals surface area contributed by atoms with Crippen LogP contribution in [0.15, 0.2) is 49.2 Å². The summed E-state index contributed by atoms with van der Waals surface area (Å²) in [5.41, 5.74) is 2.60. The second-order valence-corrected chi connectivity index (χ2v) is 7.05. The van der Waals surface area contributed by atoms with Gasteiger partial charge in [0, 0.05) is 31.4 Å². The number of carbonyl (C=O) groups is 2. The van der Waals surface area contributed by atoms with E-state index in [9.17, 15) is 9.59 Å². The lowest BCUT2D eigenvalue weighted by Gasteiger charge is -2.22. The monoisotopic (exact) mass is 421 g/mol. The number of pyridine rings is 1. The van der Waals surface area contributed by atoms with Gasteiger partial charge in [0.25, 0.3) is 0 Å². The Hall–Kier alpha value is -3.95. The third-order valence-electron chi connectivity index (χ3n) is 5.06. The molecule has 1 aliphatic heterocycles. The van der Waals surface area contributed by atoms with Crippen molar-refractivity contribution in [3.05, 3.63) is 60.3 Å². The molecule has 0 spiro atoms. The summed E-state index contributed by atoms with van der Waals surface area (Å²) in [5.74, 6) is 0.134. The van der Waals surface area contributed by atoms with Gasteiger partial charge in [-0.2, -0.15) is 5.10 Å². The van der Waals surface area contributed by atoms with E-state index < -0.39 is 12.0 Å². The maximum absolute atomic E-state index is 12.7. The van der Waals surface area contributed by atoms with Crippen molar-refractivity contribution in [2.75, 3.05) is 30.4 Å². The fraction of sp³-hybridized carbons (Fsp3) is 0.286. The molecule has 0 unspecified atom stereocenters. The second kappa shape index (κ2) is 9.24. The first-order valence-corrected chi connectivity index (χ1v) is 9.97. The summed E-state index contributed by atoms with van der Waals surface area (Å²) in [6.45, 7) is 2.06. The van der Waals surface area contributed by atoms with E-state index in [1.165, 1.54) is 13.4 Å². The Labute approximate surface area is 179 Å². The minimum Gasteiger partial charge on any atom is -0.465 e. The average Bonchev–Trinajstić information content (AvgIpc) is 3.52. The number of nitrogens with one attached hydrogen (secondary N) is 2. The van der Waals surface area contributed by atoms with Crippen molar-refractivity contribution in [1.29, 1.82) is 0 Å². The van der Waals surface area contributed by atoms with Gasteiger partial charge in [-0.05, 0) is 37.1 Å². The summed E-state index contributed by atoms with van der Waals surface area (Å²) >= 11 is 0. The van der Waals surface area contributed by atoms with Gasteiger partial charge in [0.2, 0.25) is 0 Å². The topological polar surface area (TPSA) is 114 Å². The maximum atomic E-state index is 12.7. The summed E-state index contributed by atoms with van der Waals surface area (Å²) in [7, 11) is 1.33. The van der Waals surface area contributed by atoms with Gasteiger partial charge in [-0.15, -0.1) is 0 Å². The van der Waals surface area contributed by atoms with Crippen molar-refractivity contribution in [2.45, 2.75) is 19.4 Å². The van der Waals surface area contributed by atoms with E-state index in [2.05, 4.69) is 30.6 Å². The fourth-order valence-electron chi connectivity index (χ4n) is 3.55. The number of amides is 2. The number of methoxy groups -OCH3 is 1. The molecule has 1 aliphatic rings. The van der Waals surface area contributed by atoms with Gasteiger partial charge >= 0.3 is 12.0 Å². The van der Waals surface area contributed by atoms with Crippen molar-refractivity contribution in [2.24, 2.45) is 0 Å². The lowest BCUT2D eigenvalue weighted by molar-refractivity contribution is 0.0600. The van der Waals surface area contributed by atoms with E-state index in [-0.39, 0.29) is 6.54 Å². The highest BCUT2D eigenvalue weighted by Crippen LogP contribution is 2.30. The molecule has 0 atom stereocenters. The zero-order valence-corrected chi connectivity index (χ0v) is 17.1. The van der Waals surface area contributed by atoms with Crippen LogP contribution in [0, 0.1) is 0 Å². The average molecular weight is 421 g/mol. The number of carbonyl (C=O) groups excluding carboxylic acids is 2. The molecular formula is C21H23N7O3. The normalized spacial score (nSPS) is 13.1. The Kier molecular flexibility index (Phi) is 6.06. The standard InChI is InChI=1S/C21H23N7O3/c1-31-20(29)15-6-7-18(27-9-2-3-10-27)17(11-15)26-21(30)24-12-16-5-4-8-23-19(16)28-14-22-13-25-28/h4-8,11,13-14H,2-3,9-10,12H2,1H3,(H2,24,26,30). The van der Waals surface area contributed by atoms with Gasteiger partial charge in [-0.3, -0.25) is 0 Å². The van der Waals surface area contributed by atoms with Crippen molar-refractivity contribution < 1.29 is 14.3 Å². The van der Waals surface area contributed by atoms with E-state index in [4.69, 9.17) is 4.74 Å². The van der Waals surface area contributed by atoms with Crippen LogP contribution in [0.25, 0.3) is 5.82 Å². The Morgan fingerprint density at radius 2 is 2.03 bits per heavy atom. The van der Waals surface area contributed by atoms with Gasteiger partial charge in [0.15, 0.2) is 5.82 Å². The van der Waals surface area contributed by atoms with Gasteiger partial charge in [0.05, 0.1) is 24.0 Å². The maximum Gasteiger partial charge on any atom is 0.337 e. The van der Waals surface area contributed by atoms with E-state index >= 15 is 0 Å². The molecule has 4 rings (SSSR count). The van der Waals surface area contributed by atoms with Crippen molar-refractivity contribution in [3.8, 4) is 5.82 Å². The Morgan fingerprint density at radius 3 is 2.77 bits per heavy atom. The molecule has 160 valence electrons. The van der Waals surface area contributed by atoms with E-state index in [0.717, 1.165) is 37.2 Å². The van der Waals surface area contributed by atoms with Crippen LogP contribution in [0.4, 0.5) is 16.2 Å². The first kappa shape index (κ1) is 20.3. The highest BCUT2D eigenvalue weighted by Gasteiger charge is 2.19. The molecule has 0 aliphatic carbocycles. The smallest absolute Gasteiger partial charge is 0.337 e. The van der Waals surface area contributed by atoms with E-state index in [1.807, 2.05) is 12.1 Å². The quantitative estimate of drug-likeness (QED) is 0.587. The molecule has 10 heteroatoms. The molecule has 1 saturated heterocycles. The Morgan fingerprint density at radius 1 is 1.19 bits per heavy atom. The van der Waals surface area contributed by atoms with Gasteiger partial charge in [-0.1, -0.05) is 6.07 Å². The van der Waals surface area contributed by atoms with Crippen LogP contribution in [0.1, 0.15) is 28.8 Å². The highest BCUT2D eigenvalue weighted by atomic mass is 16.5. The summed E-state index contributed by atoms with van der Waals surface area (Å²) in [6, 6.07) is 8.46. The number of urea groups is 1. The zero-order chi connectivity index (χ0) is 21.6. The second-order valence-electron chi connectivity index (χ2n) is 7.05. The van der Waals surface area contributed by atoms with Gasteiger partial charge in [0.1, 0.15) is 12.7 Å². The number of ether oxygens (including phenoxy) is 1. The lowest BCUT2D eigenvalue weighted by Crippen LogP contribution is -2.30. The fourth-order valence-corrected chi connectivity index (χ4v) is 3.55. The number of hydrogen-bond donors (Lipinski definition) is 2. The van der Waals surface area contributed by atoms with Crippen LogP contribution in [0.5, 0.6) is 0 Å². The number of anilines is 2. The van der Waals surface area contributed by atoms with Crippen LogP contribution in [-0.4, -0.2) is 51.9 Å². The van der Waals surface area contributed by atoms with Crippen molar-refractivity contribution >= 4 is 23.4 Å². The molecule has 2 amide bonds. The molecule has 3 heterocycles. The predicted octanol–water partition coefficient (Wildman–Crippen LogP) is 2.37. The summed E-state index contributed by atoms with van der Waals surface area (Å²) < 4.78 is 6.36. The molecule has 0 radical (unpaired) electrons. The summed E-state index contributed by atoms with van der Waals surface area (Å²) in [5, 5.41) is 9.82. The summed E-state index contributed by atoms with van der Waals surface area (Å²) in [4.78, 5) is 35.1. The number of nitrogens with zero attached hydrogens (tertiary/aromatic N) is 5. The predicted molar refractivity (Wildman–Crippen MR) is 114 cm³/mol. The highest BCUT2D eigenvalue weighted by molar-refractivity contribution is 5.97. The van der Waals surface area contributed by atoms with Crippen LogP contribution in [0.2, 0.25) is 0 Å². The first-order chi connectivity index (χ1) is 15.2. The lowest BCUT2D eigenvalue weighted by atomic mass is 10.1. The van der Waals surface area contributed by atoms with Crippen molar-refractivity contribution in [1.82, 2.24) is 25.1 Å². The van der Waals surface area contributed by atoms with Crippen LogP contribution in [-0.2, 0) is 11.3 Å². The van der Waals surface area contributed by atoms with E-state index in [0.29, 0.717) is 17.1 Å². The van der Waals surface area contributed by atoms with Crippen LogP contribution < -0.4 is 15.5 Å². The molecule has 2 N–H and O–H groups in total. The Bertz CT molecular complexity index is 1060. The third-order valence-corrected chi connectivity index (χ3v) is 5.06. The van der Waals surface area contributed by atoms with Gasteiger partial charge in [-0.25, -0.2) is 24.2 Å². The molecule has 31 heavy (non-hydrogen) atoms. The number of aromatic nitrogens is 4. The molecule has 1 aromatic carbocycles. The summed E-state index contributed by atoms with van der Waals surface area (Å²) in [6.07, 6.45) is 6.81. The minimum atomic E-state index is -0.454. The number of esters is 1. The first-order valence-electron chi connectivity index (χ1n) is 9.97. The molecule has 1 fully saturated rings. The Balaban J connectivity index is 1.50. The van der Waals surface area contributed by atoms with Crippen molar-refractivity contribution in [3.63, 3.8) is 0 Å². The SMILES string of the molecule is COC(=O)c1ccc(N2CCCC2)c(NC(=O)NCc2cccnc2-n2cncn2)c1. The number of rotatable bonds is 6. The zero-order valence-electron chi connectivity index (χ0n) is 17.1. The molecular weight excluding hydrogens is 398 g/mol. The number of benzene rings is 1. The molecule has 10 nitrogen and oxygen atoms in total. The largest absolute Gasteiger partial charge is 0.465 e. The molecule has 2 aromatic heterocycles. The molecule has 0 saturated carbocycles. The van der Waals surface area contributed by atoms with Gasteiger partial charge < -0.3 is 20.3 Å². The van der Waals surface area contributed by atoms with Crippen LogP contribution >= 0.6 is 0 Å². The number of hydrogen-bond acceptors (Lipinski definition) is 7.